The number of hydrogen-bond donors (Lipinski definition) is 0. The Kier molecular flexibility index (Phi) is 3.72. The minimum atomic E-state index is -0.0498. The van der Waals surface area contributed by atoms with Crippen LogP contribution in [0.1, 0.15) is 20.3 Å². The molecule has 0 N–H and O–H groups in total. The number of methoxy groups -OCH3 is 1. The van der Waals surface area contributed by atoms with Crippen molar-refractivity contribution < 1.29 is 9.53 Å². The molecule has 0 spiro atoms. The summed E-state index contributed by atoms with van der Waals surface area (Å²) in [5.41, 5.74) is 0. The van der Waals surface area contributed by atoms with Crippen LogP contribution in [0.5, 0.6) is 0 Å². The van der Waals surface area contributed by atoms with E-state index in [9.17, 15) is 4.79 Å². The Labute approximate surface area is 80.1 Å². The fourth-order valence-corrected chi connectivity index (χ4v) is 1.87. The van der Waals surface area contributed by atoms with Gasteiger partial charge in [0.05, 0.1) is 13.0 Å². The van der Waals surface area contributed by atoms with Crippen molar-refractivity contribution in [3.8, 4) is 0 Å². The molecular weight excluding hydrogens is 166 g/mol. The van der Waals surface area contributed by atoms with Gasteiger partial charge in [-0.25, -0.2) is 0 Å². The molecule has 0 aromatic heterocycles. The normalized spacial score (nSPS) is 23.8. The van der Waals surface area contributed by atoms with E-state index in [0.717, 1.165) is 26.1 Å². The van der Waals surface area contributed by atoms with Gasteiger partial charge >= 0.3 is 5.97 Å². The first-order valence-electron chi connectivity index (χ1n) is 4.93. The van der Waals surface area contributed by atoms with Crippen LogP contribution >= 0.6 is 0 Å². The molecule has 0 amide bonds. The second kappa shape index (κ2) is 4.61. The van der Waals surface area contributed by atoms with Gasteiger partial charge in [0.2, 0.25) is 0 Å². The van der Waals surface area contributed by atoms with Gasteiger partial charge in [0, 0.05) is 13.1 Å². The van der Waals surface area contributed by atoms with Crippen molar-refractivity contribution in [3.63, 3.8) is 0 Å². The lowest BCUT2D eigenvalue weighted by molar-refractivity contribution is -0.144. The van der Waals surface area contributed by atoms with Gasteiger partial charge in [0.25, 0.3) is 0 Å². The molecule has 1 atom stereocenters. The highest BCUT2D eigenvalue weighted by molar-refractivity contribution is 5.72. The van der Waals surface area contributed by atoms with Crippen LogP contribution in [0.4, 0.5) is 0 Å². The molecule has 1 rings (SSSR count). The van der Waals surface area contributed by atoms with Gasteiger partial charge < -0.3 is 9.64 Å². The highest BCUT2D eigenvalue weighted by atomic mass is 16.5. The number of carbonyl (C=O) groups excluding carboxylic acids is 1. The second-order valence-electron chi connectivity index (χ2n) is 4.16. The standard InChI is InChI=1S/C10H19NO2/c1-8(2)6-11-5-4-9(7-11)10(12)13-3/h8-9H,4-7H2,1-3H3. The van der Waals surface area contributed by atoms with E-state index in [1.54, 1.807) is 0 Å². The first-order chi connectivity index (χ1) is 6.13. The van der Waals surface area contributed by atoms with Gasteiger partial charge in [-0.2, -0.15) is 0 Å². The van der Waals surface area contributed by atoms with Gasteiger partial charge in [-0.1, -0.05) is 13.8 Å². The Balaban J connectivity index is 2.32. The zero-order valence-electron chi connectivity index (χ0n) is 8.75. The average molecular weight is 185 g/mol. The van der Waals surface area contributed by atoms with Gasteiger partial charge in [-0.05, 0) is 18.9 Å². The Morgan fingerprint density at radius 2 is 2.31 bits per heavy atom. The predicted octanol–water partition coefficient (Wildman–Crippen LogP) is 1.14. The zero-order chi connectivity index (χ0) is 9.84. The molecule has 0 bridgehead atoms. The molecule has 0 aromatic rings. The number of likely N-dealkylation sites (tertiary alicyclic amines) is 1. The monoisotopic (exact) mass is 185 g/mol. The lowest BCUT2D eigenvalue weighted by atomic mass is 10.1. The molecule has 76 valence electrons. The first kappa shape index (κ1) is 10.5. The van der Waals surface area contributed by atoms with E-state index in [-0.39, 0.29) is 11.9 Å². The van der Waals surface area contributed by atoms with Crippen LogP contribution in [0, 0.1) is 11.8 Å². The van der Waals surface area contributed by atoms with E-state index in [2.05, 4.69) is 18.7 Å². The molecule has 0 aromatic carbocycles. The number of nitrogens with zero attached hydrogens (tertiary/aromatic N) is 1. The number of esters is 1. The van der Waals surface area contributed by atoms with E-state index in [0.29, 0.717) is 5.92 Å². The molecule has 1 aliphatic rings. The fourth-order valence-electron chi connectivity index (χ4n) is 1.87. The molecule has 1 saturated heterocycles. The summed E-state index contributed by atoms with van der Waals surface area (Å²) in [5.74, 6) is 0.742. The molecule has 1 fully saturated rings. The van der Waals surface area contributed by atoms with Crippen LogP contribution in [0.3, 0.4) is 0 Å². The maximum Gasteiger partial charge on any atom is 0.310 e. The zero-order valence-corrected chi connectivity index (χ0v) is 8.75. The molecule has 1 unspecified atom stereocenters. The quantitative estimate of drug-likeness (QED) is 0.617. The van der Waals surface area contributed by atoms with Crippen molar-refractivity contribution in [2.45, 2.75) is 20.3 Å². The predicted molar refractivity (Wildman–Crippen MR) is 51.4 cm³/mol. The van der Waals surface area contributed by atoms with Crippen molar-refractivity contribution in [1.29, 1.82) is 0 Å². The summed E-state index contributed by atoms with van der Waals surface area (Å²) in [5, 5.41) is 0. The lowest BCUT2D eigenvalue weighted by Crippen LogP contribution is -2.27. The van der Waals surface area contributed by atoms with Crippen molar-refractivity contribution >= 4 is 5.97 Å². The third-order valence-electron chi connectivity index (χ3n) is 2.43. The number of hydrogen-bond acceptors (Lipinski definition) is 3. The van der Waals surface area contributed by atoms with Crippen LogP contribution in [0.15, 0.2) is 0 Å². The van der Waals surface area contributed by atoms with Crippen LogP contribution in [0.2, 0.25) is 0 Å². The summed E-state index contributed by atoms with van der Waals surface area (Å²) < 4.78 is 4.72. The van der Waals surface area contributed by atoms with E-state index in [1.165, 1.54) is 7.11 Å². The lowest BCUT2D eigenvalue weighted by Gasteiger charge is -2.17. The van der Waals surface area contributed by atoms with Gasteiger partial charge in [-0.15, -0.1) is 0 Å². The van der Waals surface area contributed by atoms with E-state index in [1.807, 2.05) is 0 Å². The minimum Gasteiger partial charge on any atom is -0.469 e. The van der Waals surface area contributed by atoms with E-state index < -0.39 is 0 Å². The molecule has 0 saturated carbocycles. The largest absolute Gasteiger partial charge is 0.469 e. The first-order valence-corrected chi connectivity index (χ1v) is 4.93. The average Bonchev–Trinajstić information content (AvgIpc) is 2.50. The smallest absolute Gasteiger partial charge is 0.310 e. The van der Waals surface area contributed by atoms with Crippen molar-refractivity contribution in [1.82, 2.24) is 4.90 Å². The SMILES string of the molecule is COC(=O)C1CCN(CC(C)C)C1. The summed E-state index contributed by atoms with van der Waals surface area (Å²) in [4.78, 5) is 13.5. The molecule has 1 aliphatic heterocycles. The van der Waals surface area contributed by atoms with Crippen molar-refractivity contribution in [2.24, 2.45) is 11.8 Å². The highest BCUT2D eigenvalue weighted by Crippen LogP contribution is 2.18. The van der Waals surface area contributed by atoms with Gasteiger partial charge in [-0.3, -0.25) is 4.79 Å². The topological polar surface area (TPSA) is 29.5 Å². The number of rotatable bonds is 3. The minimum absolute atomic E-state index is 0.0498. The van der Waals surface area contributed by atoms with Crippen LogP contribution in [-0.4, -0.2) is 37.6 Å². The van der Waals surface area contributed by atoms with E-state index >= 15 is 0 Å². The maximum atomic E-state index is 11.2. The Morgan fingerprint density at radius 1 is 1.62 bits per heavy atom. The third-order valence-corrected chi connectivity index (χ3v) is 2.43. The molecular formula is C10H19NO2. The molecule has 0 radical (unpaired) electrons. The molecule has 3 heteroatoms. The summed E-state index contributed by atoms with van der Waals surface area (Å²) in [6, 6.07) is 0. The Bertz CT molecular complexity index is 180. The summed E-state index contributed by atoms with van der Waals surface area (Å²) in [7, 11) is 1.47. The van der Waals surface area contributed by atoms with Crippen LogP contribution in [0.25, 0.3) is 0 Å². The number of ether oxygens (including phenoxy) is 1. The van der Waals surface area contributed by atoms with Gasteiger partial charge in [0.15, 0.2) is 0 Å². The van der Waals surface area contributed by atoms with Crippen molar-refractivity contribution in [3.05, 3.63) is 0 Å². The molecule has 13 heavy (non-hydrogen) atoms. The highest BCUT2D eigenvalue weighted by Gasteiger charge is 2.28. The fraction of sp³-hybridized carbons (Fsp3) is 0.900. The Morgan fingerprint density at radius 3 is 2.85 bits per heavy atom. The number of carbonyl (C=O) groups is 1. The van der Waals surface area contributed by atoms with E-state index in [4.69, 9.17) is 4.74 Å². The summed E-state index contributed by atoms with van der Waals surface area (Å²) in [6.07, 6.45) is 0.958. The van der Waals surface area contributed by atoms with Crippen molar-refractivity contribution in [2.75, 3.05) is 26.7 Å². The summed E-state index contributed by atoms with van der Waals surface area (Å²) >= 11 is 0. The van der Waals surface area contributed by atoms with Crippen LogP contribution < -0.4 is 0 Å². The maximum absolute atomic E-state index is 11.2. The van der Waals surface area contributed by atoms with Gasteiger partial charge in [0.1, 0.15) is 0 Å². The van der Waals surface area contributed by atoms with Crippen LogP contribution in [-0.2, 0) is 9.53 Å². The second-order valence-corrected chi connectivity index (χ2v) is 4.16. The molecule has 0 aliphatic carbocycles. The summed E-state index contributed by atoms with van der Waals surface area (Å²) in [6.45, 7) is 7.41. The molecule has 3 nitrogen and oxygen atoms in total. The third kappa shape index (κ3) is 2.99. The molecule has 1 heterocycles. The Hall–Kier alpha value is -0.570.